The molecular formula is C47H58ClFN10O3. The molecule has 62 heavy (non-hydrogen) atoms. The van der Waals surface area contributed by atoms with Crippen LogP contribution in [0.1, 0.15) is 103 Å². The molecule has 4 aromatic rings. The van der Waals surface area contributed by atoms with Gasteiger partial charge in [-0.1, -0.05) is 23.7 Å². The number of hydrogen-bond acceptors (Lipinski definition) is 10. The third-order valence-corrected chi connectivity index (χ3v) is 14.2. The zero-order valence-electron chi connectivity index (χ0n) is 35.8. The van der Waals surface area contributed by atoms with Gasteiger partial charge in [-0.05, 0) is 137 Å². The van der Waals surface area contributed by atoms with Crippen LogP contribution < -0.4 is 20.9 Å². The molecule has 0 radical (unpaired) electrons. The summed E-state index contributed by atoms with van der Waals surface area (Å²) in [7, 11) is 4.14. The second-order valence-corrected chi connectivity index (χ2v) is 18.6. The minimum Gasteiger partial charge on any atom is -0.373 e. The van der Waals surface area contributed by atoms with Crippen LogP contribution in [0.3, 0.4) is 0 Å². The summed E-state index contributed by atoms with van der Waals surface area (Å²) in [5, 5.41) is 14.8. The fourth-order valence-corrected chi connectivity index (χ4v) is 10.2. The summed E-state index contributed by atoms with van der Waals surface area (Å²) in [4.78, 5) is 53.3. The number of aromatic nitrogens is 4. The number of carbonyl (C=O) groups is 3. The first kappa shape index (κ1) is 42.4. The van der Waals surface area contributed by atoms with Gasteiger partial charge in [0.05, 0.1) is 23.1 Å². The van der Waals surface area contributed by atoms with Crippen molar-refractivity contribution in [3.63, 3.8) is 0 Å². The Hall–Kier alpha value is -4.92. The monoisotopic (exact) mass is 864 g/mol. The van der Waals surface area contributed by atoms with E-state index in [0.717, 1.165) is 112 Å². The molecule has 1 atom stereocenters. The van der Waals surface area contributed by atoms with Gasteiger partial charge < -0.3 is 25.3 Å². The van der Waals surface area contributed by atoms with Gasteiger partial charge in [-0.3, -0.25) is 24.4 Å². The fourth-order valence-electron chi connectivity index (χ4n) is 10.0. The number of piperidine rings is 2. The number of rotatable bonds is 15. The summed E-state index contributed by atoms with van der Waals surface area (Å²) in [6.07, 6.45) is 14.7. The average molecular weight is 865 g/mol. The Morgan fingerprint density at radius 2 is 1.69 bits per heavy atom. The van der Waals surface area contributed by atoms with Crippen molar-refractivity contribution < 1.29 is 18.8 Å². The standard InChI is InChI=1S/C47H58ClFN10O3/c1-56(22-18-50-33-7-9-34(10-8-33)53-47-51-27-40(48)44(55-47)38-26-52-57(2)42(38)23-30-3-4-30)35-11-5-29(6-12-35)15-19-58-20-16-31(17-21-58)36-24-32(49)25-37-39(36)28-59(46(37)62)41-13-14-43(60)54-45(41)61/h5-6,11-12,24-27,30-31,33-34,41,50H,3-4,7-10,13-23,28H2,1-2H3,(H,51,53,55)(H,54,60,61)/t33-,34-,41?. The number of likely N-dealkylation sites (N-methyl/N-ethyl adjacent to an activating group) is 1. The number of amides is 3. The highest BCUT2D eigenvalue weighted by Gasteiger charge is 2.41. The largest absolute Gasteiger partial charge is 0.373 e. The lowest BCUT2D eigenvalue weighted by molar-refractivity contribution is -0.136. The fraction of sp³-hybridized carbons (Fsp3) is 0.532. The van der Waals surface area contributed by atoms with Crippen LogP contribution in [-0.4, -0.2) is 105 Å². The van der Waals surface area contributed by atoms with Crippen molar-refractivity contribution in [2.24, 2.45) is 13.0 Å². The van der Waals surface area contributed by atoms with E-state index in [1.165, 1.54) is 40.8 Å². The Kier molecular flexibility index (Phi) is 12.6. The molecule has 0 bridgehead atoms. The molecular weight excluding hydrogens is 807 g/mol. The van der Waals surface area contributed by atoms with Crippen LogP contribution in [-0.2, 0) is 36.0 Å². The molecule has 15 heteroatoms. The Morgan fingerprint density at radius 1 is 0.935 bits per heavy atom. The van der Waals surface area contributed by atoms with E-state index in [0.29, 0.717) is 35.0 Å². The van der Waals surface area contributed by atoms with E-state index in [4.69, 9.17) is 16.6 Å². The molecule has 4 fully saturated rings. The summed E-state index contributed by atoms with van der Waals surface area (Å²) in [5.74, 6) is -0.0112. The van der Waals surface area contributed by atoms with E-state index in [2.05, 4.69) is 67.1 Å². The maximum absolute atomic E-state index is 14.9. The van der Waals surface area contributed by atoms with Crippen LogP contribution in [0.5, 0.6) is 0 Å². The van der Waals surface area contributed by atoms with E-state index in [9.17, 15) is 18.8 Å². The van der Waals surface area contributed by atoms with E-state index in [1.54, 1.807) is 12.3 Å². The molecule has 3 amide bonds. The number of nitrogens with one attached hydrogen (secondary N) is 3. The van der Waals surface area contributed by atoms with E-state index < -0.39 is 17.8 Å². The minimum absolute atomic E-state index is 0.147. The molecule has 1 unspecified atom stereocenters. The zero-order valence-corrected chi connectivity index (χ0v) is 36.6. The number of likely N-dealkylation sites (tertiary alicyclic amines) is 1. The lowest BCUT2D eigenvalue weighted by Gasteiger charge is -2.33. The third kappa shape index (κ3) is 9.52. The Bertz CT molecular complexity index is 2280. The van der Waals surface area contributed by atoms with Gasteiger partial charge >= 0.3 is 0 Å². The maximum Gasteiger partial charge on any atom is 0.255 e. The molecule has 2 saturated carbocycles. The number of aryl methyl sites for hydroxylation is 1. The van der Waals surface area contributed by atoms with Gasteiger partial charge in [0.15, 0.2) is 0 Å². The normalized spacial score (nSPS) is 22.2. The molecule has 0 spiro atoms. The molecule has 2 aromatic heterocycles. The Balaban J connectivity index is 0.687. The van der Waals surface area contributed by atoms with Crippen molar-refractivity contribution in [3.05, 3.63) is 87.6 Å². The molecule has 5 aliphatic rings. The molecule has 3 N–H and O–H groups in total. The summed E-state index contributed by atoms with van der Waals surface area (Å²) in [6.45, 7) is 4.86. The van der Waals surface area contributed by atoms with Crippen molar-refractivity contribution in [2.75, 3.05) is 50.0 Å². The number of nitrogens with zero attached hydrogens (tertiary/aromatic N) is 7. The molecule has 2 aromatic carbocycles. The predicted molar refractivity (Wildman–Crippen MR) is 238 cm³/mol. The summed E-state index contributed by atoms with van der Waals surface area (Å²) >= 11 is 6.61. The second kappa shape index (κ2) is 18.4. The Morgan fingerprint density at radius 3 is 2.44 bits per heavy atom. The van der Waals surface area contributed by atoms with Crippen LogP contribution in [0.2, 0.25) is 5.02 Å². The molecule has 2 aliphatic carbocycles. The van der Waals surface area contributed by atoms with Crippen LogP contribution >= 0.6 is 11.6 Å². The number of imide groups is 1. The number of benzene rings is 2. The maximum atomic E-state index is 14.9. The third-order valence-electron chi connectivity index (χ3n) is 14.0. The number of hydrogen-bond donors (Lipinski definition) is 3. The van der Waals surface area contributed by atoms with Gasteiger partial charge in [-0.2, -0.15) is 5.10 Å². The molecule has 5 heterocycles. The first-order valence-corrected chi connectivity index (χ1v) is 23.0. The lowest BCUT2D eigenvalue weighted by Crippen LogP contribution is -2.52. The van der Waals surface area contributed by atoms with Gasteiger partial charge in [-0.25, -0.2) is 14.4 Å². The van der Waals surface area contributed by atoms with Gasteiger partial charge in [0.2, 0.25) is 17.8 Å². The average Bonchev–Trinajstić information content (AvgIpc) is 3.95. The SMILES string of the molecule is CN(CCN[C@H]1CC[C@H](Nc2ncc(Cl)c(-c3cnn(C)c3CC3CC3)n2)CC1)c1ccc(CCN2CCC(c3cc(F)cc4c3CN(C3CCC(=O)NC3=O)C4=O)CC2)cc1. The molecule has 3 aliphatic heterocycles. The minimum atomic E-state index is -0.709. The predicted octanol–water partition coefficient (Wildman–Crippen LogP) is 6.25. The van der Waals surface area contributed by atoms with Crippen LogP contribution in [0.25, 0.3) is 11.3 Å². The van der Waals surface area contributed by atoms with Crippen LogP contribution in [0.15, 0.2) is 48.8 Å². The molecule has 9 rings (SSSR count). The highest BCUT2D eigenvalue weighted by Crippen LogP contribution is 2.39. The topological polar surface area (TPSA) is 141 Å². The number of fused-ring (bicyclic) bond motifs is 1. The first-order chi connectivity index (χ1) is 30.1. The highest BCUT2D eigenvalue weighted by atomic mass is 35.5. The van der Waals surface area contributed by atoms with Crippen LogP contribution in [0, 0.1) is 11.7 Å². The molecule has 328 valence electrons. The highest BCUT2D eigenvalue weighted by molar-refractivity contribution is 6.33. The number of carbonyl (C=O) groups excluding carboxylic acids is 3. The number of halogens is 2. The van der Waals surface area contributed by atoms with Crippen molar-refractivity contribution in [3.8, 4) is 11.3 Å². The van der Waals surface area contributed by atoms with Crippen molar-refractivity contribution >= 4 is 41.0 Å². The smallest absolute Gasteiger partial charge is 0.255 e. The van der Waals surface area contributed by atoms with Crippen LogP contribution in [0.4, 0.5) is 16.0 Å². The Labute approximate surface area is 368 Å². The van der Waals surface area contributed by atoms with Crippen molar-refractivity contribution in [1.29, 1.82) is 0 Å². The molecule has 13 nitrogen and oxygen atoms in total. The zero-order chi connectivity index (χ0) is 42.9. The van der Waals surface area contributed by atoms with Gasteiger partial charge in [-0.15, -0.1) is 0 Å². The lowest BCUT2D eigenvalue weighted by atomic mass is 9.85. The van der Waals surface area contributed by atoms with E-state index in [-0.39, 0.29) is 30.7 Å². The first-order valence-electron chi connectivity index (χ1n) is 22.6. The molecule has 2 saturated heterocycles. The second-order valence-electron chi connectivity index (χ2n) is 18.2. The quantitative estimate of drug-likeness (QED) is 0.118. The number of anilines is 2. The van der Waals surface area contributed by atoms with Gasteiger partial charge in [0.1, 0.15) is 11.9 Å². The van der Waals surface area contributed by atoms with Crippen molar-refractivity contribution in [1.82, 2.24) is 40.2 Å². The van der Waals surface area contributed by atoms with E-state index >= 15 is 0 Å². The van der Waals surface area contributed by atoms with Crippen molar-refractivity contribution in [2.45, 2.75) is 108 Å². The van der Waals surface area contributed by atoms with Gasteiger partial charge in [0, 0.05) is 81.3 Å². The van der Waals surface area contributed by atoms with Gasteiger partial charge in [0.25, 0.3) is 5.91 Å². The van der Waals surface area contributed by atoms with E-state index in [1.807, 2.05) is 17.9 Å². The summed E-state index contributed by atoms with van der Waals surface area (Å²) < 4.78 is 16.8. The summed E-state index contributed by atoms with van der Waals surface area (Å²) in [6, 6.07) is 11.9. The summed E-state index contributed by atoms with van der Waals surface area (Å²) in [5.41, 5.74) is 7.52.